The molecule has 0 aliphatic carbocycles. The van der Waals surface area contributed by atoms with Crippen LogP contribution in [0.2, 0.25) is 0 Å². The molecular formula is C20H20N6O2. The van der Waals surface area contributed by atoms with Gasteiger partial charge in [0.25, 0.3) is 0 Å². The van der Waals surface area contributed by atoms with E-state index >= 15 is 0 Å². The number of ether oxygens (including phenoxy) is 1. The highest BCUT2D eigenvalue weighted by Crippen LogP contribution is 2.31. The normalized spacial score (nSPS) is 12.1. The quantitative estimate of drug-likeness (QED) is 0.412. The molecule has 0 aliphatic heterocycles. The molecule has 1 aromatic carbocycles. The number of carbonyl (C=O) groups is 1. The van der Waals surface area contributed by atoms with Crippen LogP contribution >= 0.6 is 0 Å². The van der Waals surface area contributed by atoms with Crippen LogP contribution < -0.4 is 15.8 Å². The highest BCUT2D eigenvalue weighted by Gasteiger charge is 2.17. The van der Waals surface area contributed by atoms with Gasteiger partial charge in [-0.05, 0) is 30.3 Å². The summed E-state index contributed by atoms with van der Waals surface area (Å²) in [6.45, 7) is 0. The molecule has 0 spiro atoms. The van der Waals surface area contributed by atoms with Crippen LogP contribution in [0.25, 0.3) is 22.2 Å². The van der Waals surface area contributed by atoms with Gasteiger partial charge in [0.1, 0.15) is 11.4 Å². The molecule has 1 amide bonds. The fourth-order valence-corrected chi connectivity index (χ4v) is 3.09. The number of aromatic nitrogens is 4. The number of fused-ring (bicyclic) bond motifs is 1. The monoisotopic (exact) mass is 376 g/mol. The summed E-state index contributed by atoms with van der Waals surface area (Å²) < 4.78 is 5.45. The second-order valence-corrected chi connectivity index (χ2v) is 6.44. The maximum absolute atomic E-state index is 12.5. The molecule has 4 rings (SSSR count). The molecule has 0 aliphatic rings. The van der Waals surface area contributed by atoms with Crippen molar-refractivity contribution >= 4 is 22.6 Å². The van der Waals surface area contributed by atoms with E-state index in [1.807, 2.05) is 30.3 Å². The molecule has 5 N–H and O–H groups in total. The van der Waals surface area contributed by atoms with Crippen LogP contribution in [0.1, 0.15) is 5.69 Å². The van der Waals surface area contributed by atoms with Crippen LogP contribution in [0.5, 0.6) is 5.75 Å². The minimum atomic E-state index is -0.701. The number of H-pyrrole nitrogens is 2. The van der Waals surface area contributed by atoms with Crippen LogP contribution in [0.3, 0.4) is 0 Å². The van der Waals surface area contributed by atoms with E-state index in [4.69, 9.17) is 10.5 Å². The maximum atomic E-state index is 12.5. The predicted octanol–water partition coefficient (Wildman–Crippen LogP) is 2.47. The molecule has 0 saturated heterocycles. The van der Waals surface area contributed by atoms with Crippen LogP contribution in [0, 0.1) is 0 Å². The summed E-state index contributed by atoms with van der Waals surface area (Å²) in [4.78, 5) is 20.0. The Morgan fingerprint density at radius 2 is 2.21 bits per heavy atom. The number of nitrogens with one attached hydrogen (secondary N) is 3. The Morgan fingerprint density at radius 1 is 1.32 bits per heavy atom. The van der Waals surface area contributed by atoms with Crippen molar-refractivity contribution in [2.24, 2.45) is 5.73 Å². The number of rotatable bonds is 6. The summed E-state index contributed by atoms with van der Waals surface area (Å²) >= 11 is 0. The number of methoxy groups -OCH3 is 1. The van der Waals surface area contributed by atoms with Crippen LogP contribution in [0.15, 0.2) is 55.0 Å². The van der Waals surface area contributed by atoms with E-state index in [-0.39, 0.29) is 5.91 Å². The van der Waals surface area contributed by atoms with Crippen LogP contribution in [-0.4, -0.2) is 39.2 Å². The van der Waals surface area contributed by atoms with Gasteiger partial charge in [-0.2, -0.15) is 5.10 Å². The highest BCUT2D eigenvalue weighted by atomic mass is 16.5. The van der Waals surface area contributed by atoms with Crippen molar-refractivity contribution < 1.29 is 9.53 Å². The number of carbonyl (C=O) groups excluding carboxylic acids is 1. The molecule has 8 heteroatoms. The number of aromatic amines is 2. The molecule has 3 aromatic heterocycles. The zero-order valence-electron chi connectivity index (χ0n) is 15.3. The Hall–Kier alpha value is -3.65. The number of hydrogen-bond donors (Lipinski definition) is 4. The molecule has 1 unspecified atom stereocenters. The van der Waals surface area contributed by atoms with E-state index in [1.54, 1.807) is 31.8 Å². The summed E-state index contributed by atoms with van der Waals surface area (Å²) in [5.41, 5.74) is 10.1. The molecule has 4 aromatic rings. The largest absolute Gasteiger partial charge is 0.496 e. The second kappa shape index (κ2) is 7.53. The van der Waals surface area contributed by atoms with Gasteiger partial charge < -0.3 is 20.8 Å². The average molecular weight is 376 g/mol. The lowest BCUT2D eigenvalue weighted by molar-refractivity contribution is -0.117. The zero-order valence-corrected chi connectivity index (χ0v) is 15.3. The number of nitrogens with zero attached hydrogens (tertiary/aromatic N) is 2. The second-order valence-electron chi connectivity index (χ2n) is 6.44. The van der Waals surface area contributed by atoms with Gasteiger partial charge in [0.15, 0.2) is 0 Å². The van der Waals surface area contributed by atoms with Gasteiger partial charge >= 0.3 is 0 Å². The first-order chi connectivity index (χ1) is 13.6. The smallest absolute Gasteiger partial charge is 0.241 e. The van der Waals surface area contributed by atoms with Crippen LogP contribution in [0.4, 0.5) is 5.69 Å². The van der Waals surface area contributed by atoms with Crippen LogP contribution in [-0.2, 0) is 11.2 Å². The van der Waals surface area contributed by atoms with Gasteiger partial charge in [0.05, 0.1) is 19.3 Å². The number of amides is 1. The molecule has 0 saturated carbocycles. The van der Waals surface area contributed by atoms with Gasteiger partial charge in [0.2, 0.25) is 5.91 Å². The number of hydrogen-bond acceptors (Lipinski definition) is 5. The summed E-state index contributed by atoms with van der Waals surface area (Å²) in [5, 5.41) is 10.6. The highest BCUT2D eigenvalue weighted by molar-refractivity contribution is 5.95. The number of nitrogens with two attached hydrogens (primary N) is 1. The van der Waals surface area contributed by atoms with E-state index < -0.39 is 6.04 Å². The first-order valence-corrected chi connectivity index (χ1v) is 8.80. The Labute approximate surface area is 161 Å². The minimum absolute atomic E-state index is 0.273. The molecule has 1 atom stereocenters. The molecular weight excluding hydrogens is 356 g/mol. The molecule has 8 nitrogen and oxygen atoms in total. The Kier molecular flexibility index (Phi) is 4.77. The first kappa shape index (κ1) is 17.7. The molecule has 0 bridgehead atoms. The predicted molar refractivity (Wildman–Crippen MR) is 107 cm³/mol. The summed E-state index contributed by atoms with van der Waals surface area (Å²) in [6, 6.07) is 10.5. The molecule has 0 radical (unpaired) electrons. The fourth-order valence-electron chi connectivity index (χ4n) is 3.09. The summed E-state index contributed by atoms with van der Waals surface area (Å²) in [7, 11) is 1.58. The average Bonchev–Trinajstić information content (AvgIpc) is 3.37. The topological polar surface area (TPSA) is 122 Å². The third-order valence-corrected chi connectivity index (χ3v) is 4.50. The minimum Gasteiger partial charge on any atom is -0.496 e. The molecule has 28 heavy (non-hydrogen) atoms. The third kappa shape index (κ3) is 3.58. The lowest BCUT2D eigenvalue weighted by atomic mass is 10.1. The van der Waals surface area contributed by atoms with Crippen molar-refractivity contribution in [1.29, 1.82) is 0 Å². The van der Waals surface area contributed by atoms with Gasteiger partial charge in [-0.3, -0.25) is 9.89 Å². The van der Waals surface area contributed by atoms with Crippen molar-refractivity contribution in [3.63, 3.8) is 0 Å². The molecule has 142 valence electrons. The number of benzene rings is 1. The third-order valence-electron chi connectivity index (χ3n) is 4.50. The van der Waals surface area contributed by atoms with Crippen molar-refractivity contribution in [3.05, 3.63) is 60.7 Å². The lowest BCUT2D eigenvalue weighted by Crippen LogP contribution is -2.37. The fraction of sp³-hybridized carbons (Fsp3) is 0.150. The Balaban J connectivity index is 1.46. The Bertz CT molecular complexity index is 1070. The molecule has 3 heterocycles. The van der Waals surface area contributed by atoms with Crippen molar-refractivity contribution in [2.75, 3.05) is 12.4 Å². The van der Waals surface area contributed by atoms with Crippen molar-refractivity contribution in [1.82, 2.24) is 20.2 Å². The molecule has 0 fully saturated rings. The lowest BCUT2D eigenvalue weighted by Gasteiger charge is -2.14. The van der Waals surface area contributed by atoms with E-state index in [1.165, 1.54) is 0 Å². The SMILES string of the molecule is COc1cc(NC(=O)C(N)Cc2cc3cccnc3[nH]2)ccc1-c1cn[nH]c1. The van der Waals surface area contributed by atoms with Gasteiger partial charge in [-0.15, -0.1) is 0 Å². The van der Waals surface area contributed by atoms with E-state index in [0.717, 1.165) is 27.9 Å². The van der Waals surface area contributed by atoms with Crippen molar-refractivity contribution in [2.45, 2.75) is 12.5 Å². The van der Waals surface area contributed by atoms with Gasteiger partial charge in [0, 0.05) is 52.8 Å². The summed E-state index contributed by atoms with van der Waals surface area (Å²) in [5.74, 6) is 0.360. The first-order valence-electron chi connectivity index (χ1n) is 8.80. The number of pyridine rings is 1. The van der Waals surface area contributed by atoms with E-state index in [2.05, 4.69) is 25.5 Å². The Morgan fingerprint density at radius 3 is 2.96 bits per heavy atom. The standard InChI is InChI=1S/C20H20N6O2/c1-28-18-9-14(4-5-16(18)13-10-23-24-11-13)26-20(27)17(21)8-15-7-12-3-2-6-22-19(12)25-15/h2-7,9-11,17H,8,21H2,1H3,(H,22,25)(H,23,24)(H,26,27). The zero-order chi connectivity index (χ0) is 19.5. The summed E-state index contributed by atoms with van der Waals surface area (Å²) in [6.07, 6.45) is 5.59. The van der Waals surface area contributed by atoms with E-state index in [0.29, 0.717) is 17.9 Å². The number of anilines is 1. The van der Waals surface area contributed by atoms with Gasteiger partial charge in [-0.25, -0.2) is 4.98 Å². The van der Waals surface area contributed by atoms with Crippen molar-refractivity contribution in [3.8, 4) is 16.9 Å². The van der Waals surface area contributed by atoms with E-state index in [9.17, 15) is 4.79 Å². The van der Waals surface area contributed by atoms with Gasteiger partial charge in [-0.1, -0.05) is 0 Å². The maximum Gasteiger partial charge on any atom is 0.241 e.